The number of rotatable bonds is 6. The number of aryl methyl sites for hydroxylation is 1. The molecule has 0 spiro atoms. The number of carbonyl (C=O) groups is 1. The van der Waals surface area contributed by atoms with Crippen LogP contribution in [0, 0.1) is 6.92 Å². The van der Waals surface area contributed by atoms with Crippen molar-refractivity contribution >= 4 is 29.0 Å². The molecule has 3 rings (SSSR count). The van der Waals surface area contributed by atoms with Crippen LogP contribution in [0.1, 0.15) is 5.69 Å². The predicted octanol–water partition coefficient (Wildman–Crippen LogP) is 2.21. The van der Waals surface area contributed by atoms with Crippen molar-refractivity contribution in [2.45, 2.75) is 13.0 Å². The largest absolute Gasteiger partial charge is 0.495 e. The number of anilines is 2. The molecule has 1 N–H and O–H groups in total. The van der Waals surface area contributed by atoms with E-state index in [1.807, 2.05) is 24.9 Å². The molecule has 138 valence electrons. The molecule has 2 heterocycles. The lowest BCUT2D eigenvalue weighted by atomic mass is 10.1. The molecule has 0 saturated carbocycles. The van der Waals surface area contributed by atoms with E-state index < -0.39 is 0 Å². The Morgan fingerprint density at radius 2 is 2.15 bits per heavy atom. The maximum Gasteiger partial charge on any atom is 0.238 e. The van der Waals surface area contributed by atoms with E-state index in [1.165, 1.54) is 0 Å². The number of hydrogen-bond acceptors (Lipinski definition) is 6. The van der Waals surface area contributed by atoms with Gasteiger partial charge in [-0.3, -0.25) is 9.69 Å². The van der Waals surface area contributed by atoms with Crippen LogP contribution in [0.3, 0.4) is 0 Å². The summed E-state index contributed by atoms with van der Waals surface area (Å²) in [6.45, 7) is 3.90. The average Bonchev–Trinajstić information content (AvgIpc) is 2.53. The second-order valence-corrected chi connectivity index (χ2v) is 6.82. The van der Waals surface area contributed by atoms with E-state index in [0.29, 0.717) is 22.5 Å². The summed E-state index contributed by atoms with van der Waals surface area (Å²) in [5, 5.41) is 3.41. The first-order chi connectivity index (χ1) is 12.5. The van der Waals surface area contributed by atoms with Crippen molar-refractivity contribution in [2.75, 3.05) is 44.0 Å². The Morgan fingerprint density at radius 3 is 2.85 bits per heavy atom. The van der Waals surface area contributed by atoms with E-state index in [1.54, 1.807) is 31.6 Å². The van der Waals surface area contributed by atoms with Gasteiger partial charge in [-0.25, -0.2) is 9.97 Å². The smallest absolute Gasteiger partial charge is 0.238 e. The Kier molecular flexibility index (Phi) is 5.58. The first-order valence-electron chi connectivity index (χ1n) is 8.33. The van der Waals surface area contributed by atoms with Crippen LogP contribution >= 0.6 is 11.6 Å². The van der Waals surface area contributed by atoms with Gasteiger partial charge in [0, 0.05) is 35.9 Å². The molecule has 1 aliphatic rings. The lowest BCUT2D eigenvalue weighted by Crippen LogP contribution is -2.59. The van der Waals surface area contributed by atoms with E-state index >= 15 is 0 Å². The monoisotopic (exact) mass is 375 g/mol. The van der Waals surface area contributed by atoms with Crippen LogP contribution in [0.2, 0.25) is 5.02 Å². The van der Waals surface area contributed by atoms with Crippen LogP contribution in [-0.2, 0) is 4.79 Å². The van der Waals surface area contributed by atoms with Gasteiger partial charge < -0.3 is 15.0 Å². The molecular formula is C18H22ClN5O2. The molecule has 1 aromatic carbocycles. The fraction of sp³-hybridized carbons (Fsp3) is 0.389. The van der Waals surface area contributed by atoms with E-state index in [2.05, 4.69) is 20.2 Å². The highest BCUT2D eigenvalue weighted by molar-refractivity contribution is 6.31. The van der Waals surface area contributed by atoms with Gasteiger partial charge in [-0.2, -0.15) is 0 Å². The number of likely N-dealkylation sites (N-methyl/N-ethyl adjacent to an activating group) is 1. The summed E-state index contributed by atoms with van der Waals surface area (Å²) >= 11 is 6.00. The minimum atomic E-state index is -0.107. The third-order valence-corrected chi connectivity index (χ3v) is 4.66. The quantitative estimate of drug-likeness (QED) is 0.834. The minimum absolute atomic E-state index is 0.107. The van der Waals surface area contributed by atoms with Gasteiger partial charge in [-0.1, -0.05) is 11.6 Å². The molecule has 0 unspecified atom stereocenters. The number of nitrogens with one attached hydrogen (secondary N) is 1. The van der Waals surface area contributed by atoms with Crippen molar-refractivity contribution in [2.24, 2.45) is 0 Å². The Balaban J connectivity index is 1.52. The van der Waals surface area contributed by atoms with Gasteiger partial charge in [0.1, 0.15) is 17.9 Å². The number of nitrogens with zero attached hydrogens (tertiary/aromatic N) is 4. The summed E-state index contributed by atoms with van der Waals surface area (Å²) in [6.07, 6.45) is 1.58. The standard InChI is InChI=1S/C18H22ClN5O2/c1-12-6-17(21-11-20-12)24-8-14(9-24)23(2)10-18(25)22-15-7-13(19)4-5-16(15)26-3/h4-7,11,14H,8-10H2,1-3H3,(H,22,25). The van der Waals surface area contributed by atoms with Crippen LogP contribution < -0.4 is 15.0 Å². The Hall–Kier alpha value is -2.38. The predicted molar refractivity (Wildman–Crippen MR) is 102 cm³/mol. The van der Waals surface area contributed by atoms with Crippen LogP contribution in [-0.4, -0.2) is 60.6 Å². The maximum absolute atomic E-state index is 12.4. The fourth-order valence-electron chi connectivity index (χ4n) is 2.86. The van der Waals surface area contributed by atoms with E-state index in [4.69, 9.17) is 16.3 Å². The van der Waals surface area contributed by atoms with Crippen molar-refractivity contribution in [1.29, 1.82) is 0 Å². The Morgan fingerprint density at radius 1 is 1.38 bits per heavy atom. The molecule has 1 fully saturated rings. The summed E-state index contributed by atoms with van der Waals surface area (Å²) in [7, 11) is 3.50. The number of methoxy groups -OCH3 is 1. The molecule has 1 saturated heterocycles. The molecule has 1 amide bonds. The molecule has 7 nitrogen and oxygen atoms in total. The normalized spacial score (nSPS) is 14.3. The number of halogens is 1. The van der Waals surface area contributed by atoms with Gasteiger partial charge in [0.15, 0.2) is 0 Å². The van der Waals surface area contributed by atoms with Crippen LogP contribution in [0.25, 0.3) is 0 Å². The zero-order chi connectivity index (χ0) is 18.7. The summed E-state index contributed by atoms with van der Waals surface area (Å²) in [6, 6.07) is 7.40. The summed E-state index contributed by atoms with van der Waals surface area (Å²) in [4.78, 5) is 25.0. The molecule has 0 bridgehead atoms. The zero-order valence-corrected chi connectivity index (χ0v) is 15.8. The number of aromatic nitrogens is 2. The molecular weight excluding hydrogens is 354 g/mol. The first-order valence-corrected chi connectivity index (χ1v) is 8.71. The highest BCUT2D eigenvalue weighted by Crippen LogP contribution is 2.27. The molecule has 2 aromatic rings. The zero-order valence-electron chi connectivity index (χ0n) is 15.1. The molecule has 1 aromatic heterocycles. The number of benzene rings is 1. The number of carbonyl (C=O) groups excluding carboxylic acids is 1. The summed E-state index contributed by atoms with van der Waals surface area (Å²) in [5.41, 5.74) is 1.52. The molecule has 0 atom stereocenters. The second kappa shape index (κ2) is 7.88. The van der Waals surface area contributed by atoms with Crippen molar-refractivity contribution < 1.29 is 9.53 Å². The highest BCUT2D eigenvalue weighted by Gasteiger charge is 2.31. The maximum atomic E-state index is 12.4. The van der Waals surface area contributed by atoms with Crippen LogP contribution in [0.15, 0.2) is 30.6 Å². The summed E-state index contributed by atoms with van der Waals surface area (Å²) < 4.78 is 5.25. The molecule has 1 aliphatic heterocycles. The first kappa shape index (κ1) is 18.4. The van der Waals surface area contributed by atoms with Crippen molar-refractivity contribution in [3.8, 4) is 5.75 Å². The van der Waals surface area contributed by atoms with E-state index in [0.717, 1.165) is 24.6 Å². The molecule has 26 heavy (non-hydrogen) atoms. The third-order valence-electron chi connectivity index (χ3n) is 4.43. The molecule has 0 aliphatic carbocycles. The van der Waals surface area contributed by atoms with Crippen molar-refractivity contribution in [3.05, 3.63) is 41.3 Å². The average molecular weight is 376 g/mol. The number of amides is 1. The van der Waals surface area contributed by atoms with Crippen LogP contribution in [0.4, 0.5) is 11.5 Å². The topological polar surface area (TPSA) is 70.6 Å². The van der Waals surface area contributed by atoms with Crippen molar-refractivity contribution in [1.82, 2.24) is 14.9 Å². The SMILES string of the molecule is COc1ccc(Cl)cc1NC(=O)CN(C)C1CN(c2cc(C)ncn2)C1. The van der Waals surface area contributed by atoms with E-state index in [-0.39, 0.29) is 12.5 Å². The Bertz CT molecular complexity index is 795. The molecule has 8 heteroatoms. The minimum Gasteiger partial charge on any atom is -0.495 e. The highest BCUT2D eigenvalue weighted by atomic mass is 35.5. The fourth-order valence-corrected chi connectivity index (χ4v) is 3.03. The lowest BCUT2D eigenvalue weighted by Gasteiger charge is -2.44. The third kappa shape index (κ3) is 4.23. The van der Waals surface area contributed by atoms with Gasteiger partial charge in [-0.15, -0.1) is 0 Å². The van der Waals surface area contributed by atoms with Gasteiger partial charge in [-0.05, 0) is 32.2 Å². The van der Waals surface area contributed by atoms with E-state index in [9.17, 15) is 4.79 Å². The van der Waals surface area contributed by atoms with Gasteiger partial charge in [0.05, 0.1) is 19.3 Å². The second-order valence-electron chi connectivity index (χ2n) is 6.38. The van der Waals surface area contributed by atoms with Gasteiger partial charge in [0.25, 0.3) is 0 Å². The Labute approximate surface area is 157 Å². The summed E-state index contributed by atoms with van der Waals surface area (Å²) in [5.74, 6) is 1.40. The number of hydrogen-bond donors (Lipinski definition) is 1. The van der Waals surface area contributed by atoms with Crippen molar-refractivity contribution in [3.63, 3.8) is 0 Å². The lowest BCUT2D eigenvalue weighted by molar-refractivity contribution is -0.117. The van der Waals surface area contributed by atoms with Crippen LogP contribution in [0.5, 0.6) is 5.75 Å². The van der Waals surface area contributed by atoms with Gasteiger partial charge in [0.2, 0.25) is 5.91 Å². The number of ether oxygens (including phenoxy) is 1. The molecule has 0 radical (unpaired) electrons. The van der Waals surface area contributed by atoms with Gasteiger partial charge >= 0.3 is 0 Å².